The number of carbonyl (C=O) groups excluding carboxylic acids is 2. The summed E-state index contributed by atoms with van der Waals surface area (Å²) in [7, 11) is 0. The predicted octanol–water partition coefficient (Wildman–Crippen LogP) is 2.43. The van der Waals surface area contributed by atoms with Crippen LogP contribution in [0.1, 0.15) is 22.3 Å². The molecule has 9 heteroatoms. The van der Waals surface area contributed by atoms with E-state index in [4.69, 9.17) is 10.5 Å². The number of nitrogens with one attached hydrogen (secondary N) is 1. The van der Waals surface area contributed by atoms with Crippen LogP contribution in [-0.2, 0) is 11.4 Å². The van der Waals surface area contributed by atoms with Crippen molar-refractivity contribution in [3.8, 4) is 5.75 Å². The highest BCUT2D eigenvalue weighted by molar-refractivity contribution is 5.97. The molecule has 0 aliphatic rings. The molecule has 0 unspecified atom stereocenters. The predicted molar refractivity (Wildman–Crippen MR) is 83.2 cm³/mol. The summed E-state index contributed by atoms with van der Waals surface area (Å²) in [5, 5.41) is 2.07. The number of hydrogen-bond acceptors (Lipinski definition) is 3. The van der Waals surface area contributed by atoms with Crippen LogP contribution < -0.4 is 15.8 Å². The van der Waals surface area contributed by atoms with Gasteiger partial charge in [-0.25, -0.2) is 13.2 Å². The van der Waals surface area contributed by atoms with E-state index < -0.39 is 46.4 Å². The number of nitrogens with two attached hydrogens (primary N) is 1. The quantitative estimate of drug-likeness (QED) is 0.446. The minimum Gasteiger partial charge on any atom is -0.485 e. The number of halogens is 4. The van der Waals surface area contributed by atoms with Crippen LogP contribution in [-0.4, -0.2) is 18.4 Å². The van der Waals surface area contributed by atoms with Gasteiger partial charge in [0.1, 0.15) is 12.2 Å². The molecule has 3 N–H and O–H groups in total. The van der Waals surface area contributed by atoms with Gasteiger partial charge in [-0.05, 0) is 5.56 Å². The average Bonchev–Trinajstić information content (AvgIpc) is 2.62. The lowest BCUT2D eigenvalue weighted by Crippen LogP contribution is -2.29. The third kappa shape index (κ3) is 4.29. The molecular weight excluding hydrogens is 356 g/mol. The minimum atomic E-state index is -2.14. The summed E-state index contributed by atoms with van der Waals surface area (Å²) in [6.45, 7) is -0.615. The zero-order valence-electron chi connectivity index (χ0n) is 13.3. The van der Waals surface area contributed by atoms with Crippen LogP contribution in [0.25, 0.3) is 0 Å². The molecule has 0 radical (unpaired) electrons. The Hall–Kier alpha value is -3.10. The summed E-state index contributed by atoms with van der Waals surface area (Å²) in [5.74, 6) is -11.1. The highest BCUT2D eigenvalue weighted by Crippen LogP contribution is 2.31. The second-order valence-corrected chi connectivity index (χ2v) is 5.21. The van der Waals surface area contributed by atoms with Gasteiger partial charge in [-0.3, -0.25) is 9.59 Å². The number of hydrogen-bond donors (Lipinski definition) is 2. The maximum absolute atomic E-state index is 14.1. The molecule has 0 atom stereocenters. The van der Waals surface area contributed by atoms with Crippen molar-refractivity contribution in [2.45, 2.75) is 13.0 Å². The molecule has 0 saturated carbocycles. The lowest BCUT2D eigenvalue weighted by molar-refractivity contribution is -0.117. The zero-order chi connectivity index (χ0) is 19.3. The van der Waals surface area contributed by atoms with Gasteiger partial charge in [-0.15, -0.1) is 0 Å². The molecule has 2 amide bonds. The summed E-state index contributed by atoms with van der Waals surface area (Å²) in [4.78, 5) is 22.7. The molecule has 0 aliphatic carbocycles. The molecule has 0 saturated heterocycles. The molecule has 138 valence electrons. The van der Waals surface area contributed by atoms with E-state index in [1.807, 2.05) is 0 Å². The molecule has 0 fully saturated rings. The van der Waals surface area contributed by atoms with Crippen molar-refractivity contribution in [2.75, 3.05) is 6.54 Å². The maximum atomic E-state index is 14.1. The Balaban J connectivity index is 2.34. The fourth-order valence-electron chi connectivity index (χ4n) is 2.07. The molecule has 2 aromatic carbocycles. The van der Waals surface area contributed by atoms with Gasteiger partial charge in [0.2, 0.25) is 17.5 Å². The molecule has 5 nitrogen and oxygen atoms in total. The summed E-state index contributed by atoms with van der Waals surface area (Å²) in [6.07, 6.45) is -0.278. The maximum Gasteiger partial charge on any atom is 0.258 e. The molecule has 2 aromatic rings. The van der Waals surface area contributed by atoms with Crippen LogP contribution in [0, 0.1) is 23.3 Å². The normalized spacial score (nSPS) is 10.5. The molecule has 0 heterocycles. The smallest absolute Gasteiger partial charge is 0.258 e. The molecule has 26 heavy (non-hydrogen) atoms. The molecule has 0 aliphatic heterocycles. The van der Waals surface area contributed by atoms with Gasteiger partial charge in [0.05, 0.1) is 0 Å². The van der Waals surface area contributed by atoms with E-state index >= 15 is 0 Å². The van der Waals surface area contributed by atoms with Crippen molar-refractivity contribution in [3.05, 3.63) is 64.7 Å². The van der Waals surface area contributed by atoms with Gasteiger partial charge in [0.15, 0.2) is 17.4 Å². The largest absolute Gasteiger partial charge is 0.485 e. The molecule has 2 rings (SSSR count). The number of benzene rings is 2. The molecule has 0 aromatic heterocycles. The Morgan fingerprint density at radius 2 is 1.58 bits per heavy atom. The molecular formula is C17H14F4N2O3. The Bertz CT molecular complexity index is 829. The molecule has 0 bridgehead atoms. The van der Waals surface area contributed by atoms with E-state index in [9.17, 15) is 27.2 Å². The summed E-state index contributed by atoms with van der Waals surface area (Å²) in [6, 6.07) is 8.21. The third-order valence-electron chi connectivity index (χ3n) is 3.33. The second kappa shape index (κ2) is 8.32. The Labute approximate surface area is 145 Å². The second-order valence-electron chi connectivity index (χ2n) is 5.21. The van der Waals surface area contributed by atoms with Gasteiger partial charge in [0.25, 0.3) is 5.91 Å². The topological polar surface area (TPSA) is 81.4 Å². The first kappa shape index (κ1) is 19.2. The number of primary amides is 1. The Morgan fingerprint density at radius 3 is 2.19 bits per heavy atom. The summed E-state index contributed by atoms with van der Waals surface area (Å²) >= 11 is 0. The van der Waals surface area contributed by atoms with E-state index in [2.05, 4.69) is 5.32 Å². The van der Waals surface area contributed by atoms with E-state index in [0.29, 0.717) is 5.56 Å². The highest BCUT2D eigenvalue weighted by atomic mass is 19.2. The van der Waals surface area contributed by atoms with E-state index in [1.54, 1.807) is 30.3 Å². The van der Waals surface area contributed by atoms with Crippen LogP contribution >= 0.6 is 0 Å². The standard InChI is InChI=1S/C17H14F4N2O3/c18-12-11(17(25)23-7-6-10(22)24)16(15(21)14(20)13(12)19)26-8-9-4-2-1-3-5-9/h1-5H,6-8H2,(H2,22,24)(H,23,25). The van der Waals surface area contributed by atoms with Crippen molar-refractivity contribution in [1.29, 1.82) is 0 Å². The third-order valence-corrected chi connectivity index (χ3v) is 3.33. The van der Waals surface area contributed by atoms with Crippen LogP contribution in [0.4, 0.5) is 17.6 Å². The van der Waals surface area contributed by atoms with E-state index in [-0.39, 0.29) is 19.6 Å². The van der Waals surface area contributed by atoms with Gasteiger partial charge >= 0.3 is 0 Å². The fraction of sp³-hybridized carbons (Fsp3) is 0.176. The van der Waals surface area contributed by atoms with Gasteiger partial charge < -0.3 is 15.8 Å². The number of rotatable bonds is 7. The SMILES string of the molecule is NC(=O)CCNC(=O)c1c(F)c(F)c(F)c(F)c1OCc1ccccc1. The first-order chi connectivity index (χ1) is 12.3. The summed E-state index contributed by atoms with van der Waals surface area (Å²) < 4.78 is 60.2. The van der Waals surface area contributed by atoms with Gasteiger partial charge in [-0.2, -0.15) is 4.39 Å². The fourth-order valence-corrected chi connectivity index (χ4v) is 2.07. The van der Waals surface area contributed by atoms with Crippen molar-refractivity contribution < 1.29 is 31.9 Å². The van der Waals surface area contributed by atoms with Crippen molar-refractivity contribution in [1.82, 2.24) is 5.32 Å². The zero-order valence-corrected chi connectivity index (χ0v) is 13.3. The van der Waals surface area contributed by atoms with Crippen LogP contribution in [0.2, 0.25) is 0 Å². The van der Waals surface area contributed by atoms with Crippen LogP contribution in [0.3, 0.4) is 0 Å². The first-order valence-electron chi connectivity index (χ1n) is 7.42. The minimum absolute atomic E-state index is 0.278. The summed E-state index contributed by atoms with van der Waals surface area (Å²) in [5.41, 5.74) is 4.29. The highest BCUT2D eigenvalue weighted by Gasteiger charge is 2.30. The van der Waals surface area contributed by atoms with Gasteiger partial charge in [0, 0.05) is 13.0 Å². The average molecular weight is 370 g/mol. The number of amides is 2. The lowest BCUT2D eigenvalue weighted by Gasteiger charge is -2.14. The number of carbonyl (C=O) groups is 2. The van der Waals surface area contributed by atoms with E-state index in [0.717, 1.165) is 0 Å². The van der Waals surface area contributed by atoms with Crippen molar-refractivity contribution in [3.63, 3.8) is 0 Å². The Kier molecular flexibility index (Phi) is 6.16. The Morgan fingerprint density at radius 1 is 0.962 bits per heavy atom. The van der Waals surface area contributed by atoms with Crippen LogP contribution in [0.5, 0.6) is 5.75 Å². The van der Waals surface area contributed by atoms with Gasteiger partial charge in [-0.1, -0.05) is 30.3 Å². The van der Waals surface area contributed by atoms with Crippen LogP contribution in [0.15, 0.2) is 30.3 Å². The van der Waals surface area contributed by atoms with Crippen molar-refractivity contribution in [2.24, 2.45) is 5.73 Å². The number of ether oxygens (including phenoxy) is 1. The first-order valence-corrected chi connectivity index (χ1v) is 7.42. The lowest BCUT2D eigenvalue weighted by atomic mass is 10.1. The van der Waals surface area contributed by atoms with E-state index in [1.165, 1.54) is 0 Å². The molecule has 0 spiro atoms. The van der Waals surface area contributed by atoms with Crippen molar-refractivity contribution >= 4 is 11.8 Å². The monoisotopic (exact) mass is 370 g/mol.